The average molecular weight is 381 g/mol. The lowest BCUT2D eigenvalue weighted by atomic mass is 10.1. The van der Waals surface area contributed by atoms with Crippen LogP contribution in [-0.4, -0.2) is 19.9 Å². The summed E-state index contributed by atoms with van der Waals surface area (Å²) in [4.78, 5) is 12.3. The largest absolute Gasteiger partial charge is 0.347 e. The van der Waals surface area contributed by atoms with Gasteiger partial charge in [-0.05, 0) is 63.6 Å². The van der Waals surface area contributed by atoms with E-state index in [1.165, 1.54) is 18.2 Å². The molecule has 0 spiro atoms. The van der Waals surface area contributed by atoms with Crippen molar-refractivity contribution < 1.29 is 13.2 Å². The Kier molecular flexibility index (Phi) is 5.44. The molecule has 0 heterocycles. The normalized spacial score (nSPS) is 11.9. The first-order valence-corrected chi connectivity index (χ1v) is 9.56. The predicted molar refractivity (Wildman–Crippen MR) is 101 cm³/mol. The lowest BCUT2D eigenvalue weighted by Crippen LogP contribution is -2.40. The average Bonchev–Trinajstić information content (AvgIpc) is 2.50. The Morgan fingerprint density at radius 2 is 1.72 bits per heavy atom. The SMILES string of the molecule is Cc1c(Cl)cccc1NS(=O)(=O)c1cccc(C(=O)NC(C)(C)C)c1. The van der Waals surface area contributed by atoms with Gasteiger partial charge in [0.15, 0.2) is 0 Å². The molecule has 0 saturated heterocycles. The second-order valence-corrected chi connectivity index (χ2v) is 8.84. The number of hydrogen-bond donors (Lipinski definition) is 2. The summed E-state index contributed by atoms with van der Waals surface area (Å²) in [6, 6.07) is 10.9. The van der Waals surface area contributed by atoms with Crippen LogP contribution in [0.15, 0.2) is 47.4 Å². The summed E-state index contributed by atoms with van der Waals surface area (Å²) in [7, 11) is -3.84. The minimum absolute atomic E-state index is 0.00781. The van der Waals surface area contributed by atoms with Crippen molar-refractivity contribution in [2.75, 3.05) is 4.72 Å². The number of carbonyl (C=O) groups is 1. The first kappa shape index (κ1) is 19.3. The van der Waals surface area contributed by atoms with Crippen LogP contribution in [-0.2, 0) is 10.0 Å². The molecule has 2 aromatic rings. The summed E-state index contributed by atoms with van der Waals surface area (Å²) in [5.74, 6) is -0.330. The van der Waals surface area contributed by atoms with Crippen LogP contribution in [0, 0.1) is 6.92 Å². The summed E-state index contributed by atoms with van der Waals surface area (Å²) in [5.41, 5.74) is 0.897. The number of halogens is 1. The highest BCUT2D eigenvalue weighted by molar-refractivity contribution is 7.92. The molecular formula is C18H21ClN2O3S. The van der Waals surface area contributed by atoms with Crippen LogP contribution < -0.4 is 10.0 Å². The molecule has 2 N–H and O–H groups in total. The molecule has 134 valence electrons. The van der Waals surface area contributed by atoms with Crippen molar-refractivity contribution in [2.24, 2.45) is 0 Å². The topological polar surface area (TPSA) is 75.3 Å². The molecule has 0 atom stereocenters. The van der Waals surface area contributed by atoms with Gasteiger partial charge in [-0.1, -0.05) is 23.7 Å². The van der Waals surface area contributed by atoms with E-state index < -0.39 is 15.6 Å². The van der Waals surface area contributed by atoms with Gasteiger partial charge in [-0.2, -0.15) is 0 Å². The van der Waals surface area contributed by atoms with E-state index in [1.807, 2.05) is 20.8 Å². The molecule has 2 rings (SSSR count). The fourth-order valence-electron chi connectivity index (χ4n) is 2.14. The maximum Gasteiger partial charge on any atom is 0.261 e. The van der Waals surface area contributed by atoms with E-state index in [9.17, 15) is 13.2 Å². The smallest absolute Gasteiger partial charge is 0.261 e. The van der Waals surface area contributed by atoms with Gasteiger partial charge in [-0.3, -0.25) is 9.52 Å². The van der Waals surface area contributed by atoms with Crippen LogP contribution in [0.5, 0.6) is 0 Å². The molecule has 1 amide bonds. The highest BCUT2D eigenvalue weighted by Crippen LogP contribution is 2.25. The molecule has 0 fully saturated rings. The molecule has 7 heteroatoms. The maximum atomic E-state index is 12.6. The van der Waals surface area contributed by atoms with Crippen LogP contribution in [0.2, 0.25) is 5.02 Å². The quantitative estimate of drug-likeness (QED) is 0.842. The summed E-state index contributed by atoms with van der Waals surface area (Å²) >= 11 is 6.03. The lowest BCUT2D eigenvalue weighted by molar-refractivity contribution is 0.0919. The van der Waals surface area contributed by atoms with Gasteiger partial charge in [-0.25, -0.2) is 8.42 Å². The van der Waals surface area contributed by atoms with E-state index in [-0.39, 0.29) is 16.4 Å². The number of benzene rings is 2. The minimum atomic E-state index is -3.84. The van der Waals surface area contributed by atoms with Crippen molar-refractivity contribution in [2.45, 2.75) is 38.1 Å². The number of rotatable bonds is 4. The zero-order chi connectivity index (χ0) is 18.8. The molecule has 5 nitrogen and oxygen atoms in total. The van der Waals surface area contributed by atoms with E-state index in [0.29, 0.717) is 16.3 Å². The molecule has 0 unspecified atom stereocenters. The van der Waals surface area contributed by atoms with Crippen molar-refractivity contribution in [1.29, 1.82) is 0 Å². The van der Waals surface area contributed by atoms with Crippen LogP contribution in [0.25, 0.3) is 0 Å². The lowest BCUT2D eigenvalue weighted by Gasteiger charge is -2.20. The Hall–Kier alpha value is -2.05. The maximum absolute atomic E-state index is 12.6. The summed E-state index contributed by atoms with van der Waals surface area (Å²) in [6.45, 7) is 7.30. The number of carbonyl (C=O) groups excluding carboxylic acids is 1. The number of anilines is 1. The Morgan fingerprint density at radius 1 is 1.08 bits per heavy atom. The zero-order valence-corrected chi connectivity index (χ0v) is 16.1. The van der Waals surface area contributed by atoms with Crippen molar-refractivity contribution in [3.05, 3.63) is 58.6 Å². The summed E-state index contributed by atoms with van der Waals surface area (Å²) < 4.78 is 27.8. The van der Waals surface area contributed by atoms with Crippen molar-refractivity contribution in [1.82, 2.24) is 5.32 Å². The van der Waals surface area contributed by atoms with Gasteiger partial charge < -0.3 is 5.32 Å². The van der Waals surface area contributed by atoms with E-state index in [0.717, 1.165) is 0 Å². The van der Waals surface area contributed by atoms with Crippen molar-refractivity contribution >= 4 is 33.2 Å². The first-order chi connectivity index (χ1) is 11.5. The van der Waals surface area contributed by atoms with Gasteiger partial charge in [0.2, 0.25) is 0 Å². The third kappa shape index (κ3) is 4.96. The van der Waals surface area contributed by atoms with Gasteiger partial charge in [0.1, 0.15) is 0 Å². The van der Waals surface area contributed by atoms with Crippen molar-refractivity contribution in [3.63, 3.8) is 0 Å². The Bertz CT molecular complexity index is 903. The number of hydrogen-bond acceptors (Lipinski definition) is 3. The fraction of sp³-hybridized carbons (Fsp3) is 0.278. The zero-order valence-electron chi connectivity index (χ0n) is 14.6. The van der Waals surface area contributed by atoms with Gasteiger partial charge >= 0.3 is 0 Å². The molecule has 0 radical (unpaired) electrons. The summed E-state index contributed by atoms with van der Waals surface area (Å²) in [5, 5.41) is 3.28. The van der Waals surface area contributed by atoms with Crippen LogP contribution in [0.4, 0.5) is 5.69 Å². The van der Waals surface area contributed by atoms with Crippen LogP contribution in [0.3, 0.4) is 0 Å². The second kappa shape index (κ2) is 7.06. The second-order valence-electron chi connectivity index (χ2n) is 6.75. The standard InChI is InChI=1S/C18H21ClN2O3S/c1-12-15(19)9-6-10-16(12)21-25(23,24)14-8-5-7-13(11-14)17(22)20-18(2,3)4/h5-11,21H,1-4H3,(H,20,22). The van der Waals surface area contributed by atoms with E-state index in [4.69, 9.17) is 11.6 Å². The Morgan fingerprint density at radius 3 is 2.36 bits per heavy atom. The Balaban J connectivity index is 2.33. The van der Waals surface area contributed by atoms with E-state index >= 15 is 0 Å². The molecular weight excluding hydrogens is 360 g/mol. The highest BCUT2D eigenvalue weighted by atomic mass is 35.5. The van der Waals surface area contributed by atoms with Crippen LogP contribution >= 0.6 is 11.6 Å². The number of nitrogens with one attached hydrogen (secondary N) is 2. The molecule has 0 aliphatic heterocycles. The molecule has 0 aromatic heterocycles. The fourth-order valence-corrected chi connectivity index (χ4v) is 3.48. The van der Waals surface area contributed by atoms with Gasteiger partial charge in [-0.15, -0.1) is 0 Å². The third-order valence-corrected chi connectivity index (χ3v) is 5.18. The van der Waals surface area contributed by atoms with Crippen LogP contribution in [0.1, 0.15) is 36.7 Å². The monoisotopic (exact) mass is 380 g/mol. The molecule has 0 aliphatic carbocycles. The van der Waals surface area contributed by atoms with E-state index in [1.54, 1.807) is 31.2 Å². The molecule has 0 saturated carbocycles. The molecule has 25 heavy (non-hydrogen) atoms. The number of amides is 1. The molecule has 0 bridgehead atoms. The Labute approximate surface area is 153 Å². The van der Waals surface area contributed by atoms with Gasteiger partial charge in [0.25, 0.3) is 15.9 Å². The van der Waals surface area contributed by atoms with E-state index in [2.05, 4.69) is 10.0 Å². The molecule has 2 aromatic carbocycles. The predicted octanol–water partition coefficient (Wildman–Crippen LogP) is 3.98. The van der Waals surface area contributed by atoms with Gasteiger partial charge in [0.05, 0.1) is 10.6 Å². The number of sulfonamides is 1. The van der Waals surface area contributed by atoms with Gasteiger partial charge in [0, 0.05) is 16.1 Å². The molecule has 0 aliphatic rings. The highest BCUT2D eigenvalue weighted by Gasteiger charge is 2.20. The third-order valence-electron chi connectivity index (χ3n) is 3.41. The first-order valence-electron chi connectivity index (χ1n) is 7.70. The minimum Gasteiger partial charge on any atom is -0.347 e. The van der Waals surface area contributed by atoms with Crippen molar-refractivity contribution in [3.8, 4) is 0 Å². The summed E-state index contributed by atoms with van der Waals surface area (Å²) in [6.07, 6.45) is 0.